The van der Waals surface area contributed by atoms with Crippen LogP contribution in [0.15, 0.2) is 42.5 Å². The molecule has 2 unspecified atom stereocenters. The molecule has 0 amide bonds. The van der Waals surface area contributed by atoms with Crippen LogP contribution >= 0.6 is 10.8 Å². The van der Waals surface area contributed by atoms with Gasteiger partial charge in [0.25, 0.3) is 10.2 Å². The van der Waals surface area contributed by atoms with Crippen LogP contribution in [0.4, 0.5) is 0 Å². The summed E-state index contributed by atoms with van der Waals surface area (Å²) in [4.78, 5) is 67.8. The summed E-state index contributed by atoms with van der Waals surface area (Å²) >= 11 is 0. The Morgan fingerprint density at radius 3 is 2.20 bits per heavy atom. The van der Waals surface area contributed by atoms with E-state index in [2.05, 4.69) is 23.5 Å². The molecule has 0 radical (unpaired) electrons. The van der Waals surface area contributed by atoms with Crippen molar-refractivity contribution in [3.05, 3.63) is 79.4 Å². The Hall–Kier alpha value is -4.45. The maximum Gasteiger partial charge on any atom is 0.342 e. The van der Waals surface area contributed by atoms with Gasteiger partial charge in [0.15, 0.2) is 8.87 Å². The Morgan fingerprint density at radius 2 is 1.62 bits per heavy atom. The zero-order valence-corrected chi connectivity index (χ0v) is 26.4. The molecule has 2 rings (SSSR count). The van der Waals surface area contributed by atoms with Gasteiger partial charge in [0, 0.05) is 12.0 Å². The fourth-order valence-electron chi connectivity index (χ4n) is 3.72. The summed E-state index contributed by atoms with van der Waals surface area (Å²) in [5, 5.41) is 18.6. The predicted octanol–water partition coefficient (Wildman–Crippen LogP) is 3.52. The van der Waals surface area contributed by atoms with E-state index in [1.165, 1.54) is 6.07 Å². The maximum absolute atomic E-state index is 12.9. The number of carbonyl (C=O) groups excluding carboxylic acids is 3. The van der Waals surface area contributed by atoms with Gasteiger partial charge in [0.2, 0.25) is 0 Å². The number of nitrogens with zero attached hydrogens (tertiary/aromatic N) is 2. The van der Waals surface area contributed by atoms with Crippen molar-refractivity contribution in [3.63, 3.8) is 0 Å². The highest BCUT2D eigenvalue weighted by Crippen LogP contribution is 2.28. The van der Waals surface area contributed by atoms with Gasteiger partial charge >= 0.3 is 17.9 Å². The smallest absolute Gasteiger partial charge is 0.342 e. The first-order valence-corrected chi connectivity index (χ1v) is 16.7. The number of carbonyl (C=O) groups is 3. The minimum atomic E-state index is -3.41. The van der Waals surface area contributed by atoms with Crippen molar-refractivity contribution in [2.75, 3.05) is 25.2 Å². The Labute approximate surface area is 261 Å². The molecule has 16 nitrogen and oxygen atoms in total. The molecule has 0 saturated carbocycles. The molecule has 0 aliphatic heterocycles. The molecular formula is C27H32N2O14S2. The molecule has 0 spiro atoms. The lowest BCUT2D eigenvalue weighted by molar-refractivity contribution is -0.789. The van der Waals surface area contributed by atoms with Crippen LogP contribution in [0.25, 0.3) is 0 Å². The number of hydrogen-bond acceptors (Lipinski definition) is 15. The molecule has 2 aromatic rings. The average Bonchev–Trinajstić information content (AvgIpc) is 2.93. The van der Waals surface area contributed by atoms with Crippen LogP contribution < -0.4 is 9.47 Å². The van der Waals surface area contributed by atoms with Crippen LogP contribution in [0.2, 0.25) is 0 Å². The van der Waals surface area contributed by atoms with E-state index in [4.69, 9.17) is 14.2 Å². The number of esters is 3. The molecule has 0 aliphatic carbocycles. The monoisotopic (exact) mass is 672 g/mol. The van der Waals surface area contributed by atoms with Gasteiger partial charge in [-0.2, -0.15) is 0 Å². The van der Waals surface area contributed by atoms with Gasteiger partial charge < -0.3 is 23.9 Å². The van der Waals surface area contributed by atoms with Crippen LogP contribution in [0.5, 0.6) is 11.5 Å². The number of hydrogen-bond donors (Lipinski definition) is 0. The molecule has 0 saturated heterocycles. The summed E-state index contributed by atoms with van der Waals surface area (Å²) in [5.41, 5.74) is 1.39. The van der Waals surface area contributed by atoms with Crippen molar-refractivity contribution in [1.82, 2.24) is 0 Å². The molecule has 246 valence electrons. The largest absolute Gasteiger partial charge is 0.461 e. The molecule has 2 atom stereocenters. The van der Waals surface area contributed by atoms with E-state index in [9.17, 15) is 43.0 Å². The van der Waals surface area contributed by atoms with E-state index < -0.39 is 73.3 Å². The van der Waals surface area contributed by atoms with Crippen molar-refractivity contribution in [2.24, 2.45) is 5.92 Å². The van der Waals surface area contributed by atoms with Gasteiger partial charge in [-0.05, 0) is 59.4 Å². The topological polar surface area (TPSA) is 218 Å². The first-order chi connectivity index (χ1) is 21.0. The van der Waals surface area contributed by atoms with Crippen LogP contribution in [-0.4, -0.2) is 67.8 Å². The van der Waals surface area contributed by atoms with Crippen LogP contribution in [0, 0.1) is 26.1 Å². The van der Waals surface area contributed by atoms with E-state index in [0.29, 0.717) is 22.3 Å². The lowest BCUT2D eigenvalue weighted by atomic mass is 9.97. The second kappa shape index (κ2) is 17.1. The summed E-state index contributed by atoms with van der Waals surface area (Å²) in [6.45, 7) is 4.50. The quantitative estimate of drug-likeness (QED) is 0.0552. The Balaban J connectivity index is 2.25. The van der Waals surface area contributed by atoms with E-state index in [-0.39, 0.29) is 18.1 Å². The highest BCUT2D eigenvalue weighted by molar-refractivity contribution is 8.71. The molecular weight excluding hydrogens is 640 g/mol. The average molecular weight is 673 g/mol. The van der Waals surface area contributed by atoms with Crippen molar-refractivity contribution in [1.29, 1.82) is 0 Å². The summed E-state index contributed by atoms with van der Waals surface area (Å²) in [6.07, 6.45) is -0.763. The van der Waals surface area contributed by atoms with Gasteiger partial charge in [0.1, 0.15) is 36.4 Å². The summed E-state index contributed by atoms with van der Waals surface area (Å²) < 4.78 is 38.4. The molecule has 2 aromatic carbocycles. The third-order valence-electron chi connectivity index (χ3n) is 5.70. The number of benzene rings is 2. The Bertz CT molecular complexity index is 1480. The van der Waals surface area contributed by atoms with Crippen molar-refractivity contribution in [3.8, 4) is 11.5 Å². The van der Waals surface area contributed by atoms with Crippen LogP contribution in [0.1, 0.15) is 54.6 Å². The van der Waals surface area contributed by atoms with Crippen molar-refractivity contribution >= 4 is 37.6 Å². The van der Waals surface area contributed by atoms with Crippen LogP contribution in [0.3, 0.4) is 0 Å². The molecule has 0 N–H and O–H groups in total. The van der Waals surface area contributed by atoms with E-state index in [1.807, 2.05) is 24.3 Å². The van der Waals surface area contributed by atoms with Gasteiger partial charge in [-0.25, -0.2) is 13.2 Å². The standard InChI is InChI=1S/C27H32N2O14S2/c1-17(2)13-19-5-7-20(8-6-19)18(3)26(31)41-21-9-10-24(23(14-21)27(32)39-11-12-44-45(4,37)38)42-25(30)15-22(43-29(35)36)16-40-28(33)34/h5-10,14,17-18,22H,11-13,15-16H2,1-4H3. The summed E-state index contributed by atoms with van der Waals surface area (Å²) in [7, 11) is -2.88. The Morgan fingerprint density at radius 1 is 0.956 bits per heavy atom. The number of ether oxygens (including phenoxy) is 3. The van der Waals surface area contributed by atoms with Crippen LogP contribution in [-0.2, 0) is 39.3 Å². The molecule has 45 heavy (non-hydrogen) atoms. The van der Waals surface area contributed by atoms with Gasteiger partial charge in [0.05, 0.1) is 12.3 Å². The Kier molecular flexibility index (Phi) is 14.0. The normalized spacial score (nSPS) is 12.5. The second-order valence-electron chi connectivity index (χ2n) is 9.95. The third-order valence-corrected chi connectivity index (χ3v) is 8.25. The van der Waals surface area contributed by atoms with Gasteiger partial charge in [-0.3, -0.25) is 9.59 Å². The molecule has 0 bridgehead atoms. The SMILES string of the molecule is CC(C)Cc1ccc(C(C)C(=O)Oc2ccc(OC(=O)CC(CO[N+](=O)[O-])O[N+](=O)[O-])c(C(=O)OCCSS(C)(=O)=O)c2)cc1. The first kappa shape index (κ1) is 36.7. The van der Waals surface area contributed by atoms with Crippen molar-refractivity contribution < 1.29 is 56.9 Å². The maximum atomic E-state index is 12.9. The molecule has 0 fully saturated rings. The molecule has 0 aliphatic rings. The molecule has 0 heterocycles. The van der Waals surface area contributed by atoms with E-state index >= 15 is 0 Å². The predicted molar refractivity (Wildman–Crippen MR) is 158 cm³/mol. The number of rotatable bonds is 18. The first-order valence-electron chi connectivity index (χ1n) is 13.3. The zero-order valence-electron chi connectivity index (χ0n) is 24.7. The highest BCUT2D eigenvalue weighted by atomic mass is 33.1. The minimum Gasteiger partial charge on any atom is -0.461 e. The fourth-order valence-corrected chi connectivity index (χ4v) is 5.28. The molecule has 18 heteroatoms. The zero-order chi connectivity index (χ0) is 33.7. The summed E-state index contributed by atoms with van der Waals surface area (Å²) in [5.74, 6) is -3.82. The van der Waals surface area contributed by atoms with Gasteiger partial charge in [-0.15, -0.1) is 20.2 Å². The second-order valence-corrected chi connectivity index (χ2v) is 14.5. The fraction of sp³-hybridized carbons (Fsp3) is 0.444. The van der Waals surface area contributed by atoms with Crippen molar-refractivity contribution in [2.45, 2.75) is 45.6 Å². The lowest BCUT2D eigenvalue weighted by Crippen LogP contribution is -2.29. The molecule has 0 aromatic heterocycles. The highest BCUT2D eigenvalue weighted by Gasteiger charge is 2.25. The summed E-state index contributed by atoms with van der Waals surface area (Å²) in [6, 6.07) is 10.9. The minimum absolute atomic E-state index is 0.113. The third kappa shape index (κ3) is 13.8. The van der Waals surface area contributed by atoms with Gasteiger partial charge in [-0.1, -0.05) is 38.1 Å². The lowest BCUT2D eigenvalue weighted by Gasteiger charge is -2.16. The van der Waals surface area contributed by atoms with E-state index in [1.54, 1.807) is 6.92 Å². The van der Waals surface area contributed by atoms with E-state index in [0.717, 1.165) is 30.4 Å².